The van der Waals surface area contributed by atoms with Gasteiger partial charge in [-0.05, 0) is 24.6 Å². The van der Waals surface area contributed by atoms with Crippen molar-refractivity contribution in [3.63, 3.8) is 0 Å². The monoisotopic (exact) mass is 311 g/mol. The Bertz CT molecular complexity index is 782. The van der Waals surface area contributed by atoms with E-state index in [1.165, 1.54) is 12.1 Å². The van der Waals surface area contributed by atoms with Gasteiger partial charge in [0.2, 0.25) is 15.9 Å². The van der Waals surface area contributed by atoms with E-state index in [4.69, 9.17) is 9.63 Å². The summed E-state index contributed by atoms with van der Waals surface area (Å²) in [6, 6.07) is 3.89. The Balaban J connectivity index is 2.23. The number of carbonyl (C=O) groups is 1. The highest BCUT2D eigenvalue weighted by Gasteiger charge is 2.18. The van der Waals surface area contributed by atoms with Crippen molar-refractivity contribution in [3.8, 4) is 0 Å². The van der Waals surface area contributed by atoms with Crippen molar-refractivity contribution in [2.24, 2.45) is 0 Å². The number of aromatic nitrogens is 2. The van der Waals surface area contributed by atoms with Crippen LogP contribution in [-0.4, -0.2) is 29.6 Å². The van der Waals surface area contributed by atoms with E-state index in [0.29, 0.717) is 11.5 Å². The highest BCUT2D eigenvalue weighted by atomic mass is 32.2. The molecule has 112 valence electrons. The first kappa shape index (κ1) is 15.1. The number of rotatable bonds is 5. The predicted octanol–water partition coefficient (Wildman–Crippen LogP) is 0.863. The summed E-state index contributed by atoms with van der Waals surface area (Å²) in [5.74, 6) is -0.660. The molecule has 1 heterocycles. The van der Waals surface area contributed by atoms with E-state index in [1.54, 1.807) is 13.8 Å². The quantitative estimate of drug-likeness (QED) is 0.839. The second kappa shape index (κ2) is 5.62. The first-order valence-electron chi connectivity index (χ1n) is 5.92. The molecule has 2 N–H and O–H groups in total. The number of nitrogens with zero attached hydrogens (tertiary/aromatic N) is 2. The van der Waals surface area contributed by atoms with Gasteiger partial charge in [0.15, 0.2) is 5.82 Å². The maximum absolute atomic E-state index is 12.1. The van der Waals surface area contributed by atoms with Gasteiger partial charge in [0.25, 0.3) is 0 Å². The van der Waals surface area contributed by atoms with Gasteiger partial charge in [-0.3, -0.25) is 0 Å². The fraction of sp³-hybridized carbons (Fsp3) is 0.250. The van der Waals surface area contributed by atoms with Gasteiger partial charge in [0.05, 0.1) is 17.0 Å². The largest absolute Gasteiger partial charge is 0.478 e. The molecule has 0 amide bonds. The lowest BCUT2D eigenvalue weighted by atomic mass is 10.1. The molecular weight excluding hydrogens is 298 g/mol. The Labute approximate surface area is 120 Å². The molecule has 0 spiro atoms. The highest BCUT2D eigenvalue weighted by Crippen LogP contribution is 2.16. The number of aryl methyl sites for hydroxylation is 2. The van der Waals surface area contributed by atoms with Crippen LogP contribution in [0.1, 0.15) is 27.6 Å². The van der Waals surface area contributed by atoms with E-state index in [-0.39, 0.29) is 22.8 Å². The zero-order valence-electron chi connectivity index (χ0n) is 11.3. The number of carboxylic acids is 1. The molecule has 0 bridgehead atoms. The molecular formula is C12H13N3O5S. The van der Waals surface area contributed by atoms with E-state index in [0.717, 1.165) is 6.07 Å². The summed E-state index contributed by atoms with van der Waals surface area (Å²) in [6.45, 7) is 3.04. The number of hydrogen-bond acceptors (Lipinski definition) is 6. The van der Waals surface area contributed by atoms with Gasteiger partial charge in [0.1, 0.15) is 0 Å². The Morgan fingerprint density at radius 3 is 2.67 bits per heavy atom. The number of hydrogen-bond donors (Lipinski definition) is 2. The third-order valence-electron chi connectivity index (χ3n) is 2.74. The highest BCUT2D eigenvalue weighted by molar-refractivity contribution is 7.89. The molecule has 1 aromatic heterocycles. The molecule has 0 saturated heterocycles. The van der Waals surface area contributed by atoms with Crippen molar-refractivity contribution < 1.29 is 22.8 Å². The molecule has 0 unspecified atom stereocenters. The third-order valence-corrected chi connectivity index (χ3v) is 4.14. The molecule has 2 rings (SSSR count). The molecule has 0 atom stereocenters. The smallest absolute Gasteiger partial charge is 0.335 e. The topological polar surface area (TPSA) is 122 Å². The molecule has 0 aliphatic carbocycles. The van der Waals surface area contributed by atoms with E-state index in [9.17, 15) is 13.2 Å². The van der Waals surface area contributed by atoms with E-state index in [2.05, 4.69) is 14.9 Å². The molecule has 9 heteroatoms. The van der Waals surface area contributed by atoms with Crippen LogP contribution in [0.15, 0.2) is 27.6 Å². The Morgan fingerprint density at radius 2 is 2.10 bits per heavy atom. The minimum atomic E-state index is -3.86. The second-order valence-electron chi connectivity index (χ2n) is 4.34. The number of sulfonamides is 1. The van der Waals surface area contributed by atoms with E-state index < -0.39 is 16.0 Å². The number of carboxylic acid groups (broad SMARTS) is 1. The second-order valence-corrected chi connectivity index (χ2v) is 6.10. The van der Waals surface area contributed by atoms with Crippen LogP contribution in [0.4, 0.5) is 0 Å². The van der Waals surface area contributed by atoms with Crippen LogP contribution in [0.25, 0.3) is 0 Å². The lowest BCUT2D eigenvalue weighted by molar-refractivity contribution is 0.0696. The molecule has 0 aliphatic heterocycles. The zero-order valence-corrected chi connectivity index (χ0v) is 12.1. The van der Waals surface area contributed by atoms with Gasteiger partial charge in [0, 0.05) is 6.92 Å². The third kappa shape index (κ3) is 3.44. The minimum Gasteiger partial charge on any atom is -0.478 e. The normalized spacial score (nSPS) is 11.5. The van der Waals surface area contributed by atoms with Crippen LogP contribution in [0.2, 0.25) is 0 Å². The van der Waals surface area contributed by atoms with Gasteiger partial charge in [-0.1, -0.05) is 11.2 Å². The summed E-state index contributed by atoms with van der Waals surface area (Å²) in [7, 11) is -3.86. The molecule has 21 heavy (non-hydrogen) atoms. The van der Waals surface area contributed by atoms with Crippen LogP contribution in [-0.2, 0) is 16.6 Å². The molecule has 0 radical (unpaired) electrons. The number of aromatic carboxylic acids is 1. The average Bonchev–Trinajstić information content (AvgIpc) is 2.82. The van der Waals surface area contributed by atoms with Crippen molar-refractivity contribution in [2.75, 3.05) is 0 Å². The first-order valence-corrected chi connectivity index (χ1v) is 7.41. The van der Waals surface area contributed by atoms with Crippen molar-refractivity contribution in [2.45, 2.75) is 25.3 Å². The lowest BCUT2D eigenvalue weighted by Crippen LogP contribution is -2.24. The Kier molecular flexibility index (Phi) is 4.05. The molecule has 0 fully saturated rings. The van der Waals surface area contributed by atoms with Crippen LogP contribution < -0.4 is 4.72 Å². The number of benzene rings is 1. The molecule has 2 aromatic rings. The van der Waals surface area contributed by atoms with Crippen molar-refractivity contribution in [1.82, 2.24) is 14.9 Å². The summed E-state index contributed by atoms with van der Waals surface area (Å²) in [5.41, 5.74) is 0.420. The van der Waals surface area contributed by atoms with Gasteiger partial charge < -0.3 is 9.63 Å². The Morgan fingerprint density at radius 1 is 1.38 bits per heavy atom. The summed E-state index contributed by atoms with van der Waals surface area (Å²) in [6.07, 6.45) is 0. The molecule has 8 nitrogen and oxygen atoms in total. The molecule has 0 aliphatic rings. The van der Waals surface area contributed by atoms with Gasteiger partial charge >= 0.3 is 5.97 Å². The standard InChI is InChI=1S/C12H13N3O5S/c1-7-3-4-9(5-10(7)12(16)17)21(18,19)13-6-11-14-8(2)20-15-11/h3-5,13H,6H2,1-2H3,(H,16,17). The summed E-state index contributed by atoms with van der Waals surface area (Å²) >= 11 is 0. The van der Waals surface area contributed by atoms with Crippen LogP contribution in [0.5, 0.6) is 0 Å². The summed E-state index contributed by atoms with van der Waals surface area (Å²) in [4.78, 5) is 14.8. The molecule has 0 saturated carbocycles. The maximum atomic E-state index is 12.1. The van der Waals surface area contributed by atoms with Gasteiger partial charge in [-0.25, -0.2) is 17.9 Å². The van der Waals surface area contributed by atoms with E-state index in [1.807, 2.05) is 0 Å². The van der Waals surface area contributed by atoms with Crippen LogP contribution >= 0.6 is 0 Å². The number of nitrogens with one attached hydrogen (secondary N) is 1. The minimum absolute atomic E-state index is 0.0618. The summed E-state index contributed by atoms with van der Waals surface area (Å²) < 4.78 is 31.2. The van der Waals surface area contributed by atoms with Crippen molar-refractivity contribution >= 4 is 16.0 Å². The van der Waals surface area contributed by atoms with Gasteiger partial charge in [-0.15, -0.1) is 0 Å². The predicted molar refractivity (Wildman–Crippen MR) is 71.2 cm³/mol. The lowest BCUT2D eigenvalue weighted by Gasteiger charge is -2.07. The summed E-state index contributed by atoms with van der Waals surface area (Å²) in [5, 5.41) is 12.6. The zero-order chi connectivity index (χ0) is 15.6. The average molecular weight is 311 g/mol. The van der Waals surface area contributed by atoms with Gasteiger partial charge in [-0.2, -0.15) is 4.98 Å². The van der Waals surface area contributed by atoms with Crippen molar-refractivity contribution in [1.29, 1.82) is 0 Å². The van der Waals surface area contributed by atoms with Crippen molar-refractivity contribution in [3.05, 3.63) is 41.0 Å². The Hall–Kier alpha value is -2.26. The maximum Gasteiger partial charge on any atom is 0.335 e. The van der Waals surface area contributed by atoms with Crippen LogP contribution in [0.3, 0.4) is 0 Å². The SMILES string of the molecule is Cc1nc(CNS(=O)(=O)c2ccc(C)c(C(=O)O)c2)no1. The fourth-order valence-electron chi connectivity index (χ4n) is 1.65. The van der Waals surface area contributed by atoms with Crippen LogP contribution in [0, 0.1) is 13.8 Å². The molecule has 1 aromatic carbocycles. The van der Waals surface area contributed by atoms with E-state index >= 15 is 0 Å². The fourth-order valence-corrected chi connectivity index (χ4v) is 2.66. The first-order chi connectivity index (χ1) is 9.79.